The molecule has 15 heavy (non-hydrogen) atoms. The van der Waals surface area contributed by atoms with Gasteiger partial charge in [0.25, 0.3) is 0 Å². The second kappa shape index (κ2) is 7.10. The molecule has 0 heterocycles. The van der Waals surface area contributed by atoms with Crippen LogP contribution in [-0.4, -0.2) is 17.3 Å². The van der Waals surface area contributed by atoms with Crippen molar-refractivity contribution >= 4 is 17.5 Å². The van der Waals surface area contributed by atoms with Gasteiger partial charge in [0.1, 0.15) is 0 Å². The Bertz CT molecular complexity index is 196. The molecule has 0 aliphatic heterocycles. The number of halogens is 1. The minimum atomic E-state index is -0.133. The molecule has 0 aromatic carbocycles. The third-order valence-corrected chi connectivity index (χ3v) is 3.29. The quantitative estimate of drug-likeness (QED) is 0.672. The number of hydrogen-bond acceptors (Lipinski definition) is 1. The summed E-state index contributed by atoms with van der Waals surface area (Å²) in [5.41, 5.74) is -0.133. The standard InChI is InChI=1S/C12H24ClNO/c1-5-10(3)9-11(15)14-12(4,6-2)7-8-13/h10H,5-9H2,1-4H3,(H,14,15). The first-order valence-electron chi connectivity index (χ1n) is 5.84. The zero-order valence-electron chi connectivity index (χ0n) is 10.4. The van der Waals surface area contributed by atoms with Gasteiger partial charge in [0.15, 0.2) is 0 Å². The first-order valence-corrected chi connectivity index (χ1v) is 6.37. The van der Waals surface area contributed by atoms with Gasteiger partial charge >= 0.3 is 0 Å². The van der Waals surface area contributed by atoms with Gasteiger partial charge in [-0.15, -0.1) is 11.6 Å². The van der Waals surface area contributed by atoms with E-state index in [1.807, 2.05) is 0 Å². The van der Waals surface area contributed by atoms with Gasteiger partial charge in [-0.3, -0.25) is 4.79 Å². The highest BCUT2D eigenvalue weighted by molar-refractivity contribution is 6.17. The fourth-order valence-corrected chi connectivity index (χ4v) is 1.80. The molecule has 2 unspecified atom stereocenters. The minimum absolute atomic E-state index is 0.133. The minimum Gasteiger partial charge on any atom is -0.351 e. The van der Waals surface area contributed by atoms with Crippen LogP contribution in [0.3, 0.4) is 0 Å². The summed E-state index contributed by atoms with van der Waals surface area (Å²) in [6.07, 6.45) is 3.42. The molecule has 1 N–H and O–H groups in total. The third kappa shape index (κ3) is 6.03. The molecule has 0 aromatic heterocycles. The van der Waals surface area contributed by atoms with Crippen LogP contribution < -0.4 is 5.32 Å². The predicted molar refractivity (Wildman–Crippen MR) is 66.2 cm³/mol. The highest BCUT2D eigenvalue weighted by Gasteiger charge is 2.23. The van der Waals surface area contributed by atoms with Crippen molar-refractivity contribution in [1.82, 2.24) is 5.32 Å². The summed E-state index contributed by atoms with van der Waals surface area (Å²) >= 11 is 5.73. The molecule has 0 saturated carbocycles. The van der Waals surface area contributed by atoms with E-state index in [2.05, 4.69) is 33.0 Å². The van der Waals surface area contributed by atoms with E-state index in [4.69, 9.17) is 11.6 Å². The fourth-order valence-electron chi connectivity index (χ4n) is 1.38. The van der Waals surface area contributed by atoms with Gasteiger partial charge in [-0.2, -0.15) is 0 Å². The Morgan fingerprint density at radius 2 is 2.07 bits per heavy atom. The van der Waals surface area contributed by atoms with Crippen LogP contribution in [0.2, 0.25) is 0 Å². The van der Waals surface area contributed by atoms with E-state index in [0.717, 1.165) is 19.3 Å². The maximum atomic E-state index is 11.7. The molecule has 0 fully saturated rings. The number of carbonyl (C=O) groups excluding carboxylic acids is 1. The van der Waals surface area contributed by atoms with Crippen LogP contribution in [0, 0.1) is 5.92 Å². The molecule has 0 aromatic rings. The smallest absolute Gasteiger partial charge is 0.220 e. The Morgan fingerprint density at radius 1 is 1.47 bits per heavy atom. The average Bonchev–Trinajstić information content (AvgIpc) is 2.17. The lowest BCUT2D eigenvalue weighted by Gasteiger charge is -2.29. The fraction of sp³-hybridized carbons (Fsp3) is 0.917. The first kappa shape index (κ1) is 14.8. The summed E-state index contributed by atoms with van der Waals surface area (Å²) in [5, 5.41) is 3.09. The number of carbonyl (C=O) groups is 1. The van der Waals surface area contributed by atoms with Gasteiger partial charge in [-0.25, -0.2) is 0 Å². The van der Waals surface area contributed by atoms with E-state index in [0.29, 0.717) is 18.2 Å². The van der Waals surface area contributed by atoms with Crippen molar-refractivity contribution in [2.24, 2.45) is 5.92 Å². The van der Waals surface area contributed by atoms with Gasteiger partial charge in [0, 0.05) is 17.8 Å². The second-order valence-corrected chi connectivity index (χ2v) is 5.00. The lowest BCUT2D eigenvalue weighted by atomic mass is 9.94. The summed E-state index contributed by atoms with van der Waals surface area (Å²) in [7, 11) is 0. The summed E-state index contributed by atoms with van der Waals surface area (Å²) in [5.74, 6) is 1.20. The molecule has 3 heteroatoms. The SMILES string of the molecule is CCC(C)CC(=O)NC(C)(CC)CCCl. The molecular formula is C12H24ClNO. The van der Waals surface area contributed by atoms with Crippen LogP contribution in [0.25, 0.3) is 0 Å². The van der Waals surface area contributed by atoms with Gasteiger partial charge in [-0.1, -0.05) is 27.2 Å². The maximum absolute atomic E-state index is 11.7. The van der Waals surface area contributed by atoms with Crippen LogP contribution in [-0.2, 0) is 4.79 Å². The normalized spacial score (nSPS) is 16.9. The molecule has 0 bridgehead atoms. The molecule has 0 aliphatic carbocycles. The largest absolute Gasteiger partial charge is 0.351 e. The Morgan fingerprint density at radius 3 is 2.47 bits per heavy atom. The van der Waals surface area contributed by atoms with Crippen molar-refractivity contribution in [2.45, 2.75) is 58.9 Å². The van der Waals surface area contributed by atoms with E-state index in [9.17, 15) is 4.79 Å². The van der Waals surface area contributed by atoms with E-state index in [-0.39, 0.29) is 11.4 Å². The summed E-state index contributed by atoms with van der Waals surface area (Å²) < 4.78 is 0. The molecular weight excluding hydrogens is 210 g/mol. The average molecular weight is 234 g/mol. The molecule has 0 rings (SSSR count). The van der Waals surface area contributed by atoms with E-state index in [1.54, 1.807) is 0 Å². The summed E-state index contributed by atoms with van der Waals surface area (Å²) in [6, 6.07) is 0. The van der Waals surface area contributed by atoms with E-state index in [1.165, 1.54) is 0 Å². The molecule has 90 valence electrons. The van der Waals surface area contributed by atoms with Crippen molar-refractivity contribution in [3.8, 4) is 0 Å². The molecule has 0 aliphatic rings. The van der Waals surface area contributed by atoms with Gasteiger partial charge < -0.3 is 5.32 Å². The number of amides is 1. The molecule has 1 amide bonds. The van der Waals surface area contributed by atoms with Gasteiger partial charge in [-0.05, 0) is 25.7 Å². The highest BCUT2D eigenvalue weighted by Crippen LogP contribution is 2.16. The molecule has 2 atom stereocenters. The summed E-state index contributed by atoms with van der Waals surface area (Å²) in [6.45, 7) is 8.35. The Hall–Kier alpha value is -0.240. The van der Waals surface area contributed by atoms with Crippen molar-refractivity contribution < 1.29 is 4.79 Å². The molecule has 2 nitrogen and oxygen atoms in total. The van der Waals surface area contributed by atoms with Crippen LogP contribution >= 0.6 is 11.6 Å². The van der Waals surface area contributed by atoms with Crippen molar-refractivity contribution in [2.75, 3.05) is 5.88 Å². The lowest BCUT2D eigenvalue weighted by molar-refractivity contribution is -0.123. The topological polar surface area (TPSA) is 29.1 Å². The molecule has 0 spiro atoms. The van der Waals surface area contributed by atoms with E-state index >= 15 is 0 Å². The van der Waals surface area contributed by atoms with Crippen LogP contribution in [0.5, 0.6) is 0 Å². The number of rotatable bonds is 7. The van der Waals surface area contributed by atoms with E-state index < -0.39 is 0 Å². The number of alkyl halides is 1. The van der Waals surface area contributed by atoms with Gasteiger partial charge in [0.05, 0.1) is 0 Å². The first-order chi connectivity index (χ1) is 6.97. The van der Waals surface area contributed by atoms with Crippen LogP contribution in [0.1, 0.15) is 53.4 Å². The molecule has 0 radical (unpaired) electrons. The monoisotopic (exact) mass is 233 g/mol. The van der Waals surface area contributed by atoms with Crippen molar-refractivity contribution in [3.63, 3.8) is 0 Å². The lowest BCUT2D eigenvalue weighted by Crippen LogP contribution is -2.46. The Balaban J connectivity index is 4.12. The van der Waals surface area contributed by atoms with Crippen molar-refractivity contribution in [3.05, 3.63) is 0 Å². The van der Waals surface area contributed by atoms with Gasteiger partial charge in [0.2, 0.25) is 5.91 Å². The maximum Gasteiger partial charge on any atom is 0.220 e. The zero-order valence-corrected chi connectivity index (χ0v) is 11.2. The van der Waals surface area contributed by atoms with Crippen LogP contribution in [0.15, 0.2) is 0 Å². The number of nitrogens with one attached hydrogen (secondary N) is 1. The van der Waals surface area contributed by atoms with Crippen LogP contribution in [0.4, 0.5) is 0 Å². The molecule has 0 saturated heterocycles. The highest BCUT2D eigenvalue weighted by atomic mass is 35.5. The Labute approximate surface area is 98.8 Å². The Kier molecular flexibility index (Phi) is 6.99. The summed E-state index contributed by atoms with van der Waals surface area (Å²) in [4.78, 5) is 11.7. The zero-order chi connectivity index (χ0) is 11.9. The third-order valence-electron chi connectivity index (χ3n) is 3.10. The van der Waals surface area contributed by atoms with Crippen molar-refractivity contribution in [1.29, 1.82) is 0 Å². The second-order valence-electron chi connectivity index (χ2n) is 4.62. The predicted octanol–water partition coefficient (Wildman–Crippen LogP) is 3.34. The number of hydrogen-bond donors (Lipinski definition) is 1.